The van der Waals surface area contributed by atoms with E-state index in [9.17, 15) is 0 Å². The number of thioether (sulfide) groups is 1. The molecule has 0 aliphatic rings. The molecule has 0 radical (unpaired) electrons. The van der Waals surface area contributed by atoms with Gasteiger partial charge in [0, 0.05) is 10.7 Å². The summed E-state index contributed by atoms with van der Waals surface area (Å²) < 4.78 is 2.03. The molecule has 0 aromatic carbocycles. The van der Waals surface area contributed by atoms with Crippen molar-refractivity contribution in [2.75, 3.05) is 6.26 Å². The van der Waals surface area contributed by atoms with Crippen LogP contribution in [0.2, 0.25) is 0 Å². The third kappa shape index (κ3) is 1.97. The molecule has 0 unspecified atom stereocenters. The van der Waals surface area contributed by atoms with Crippen LogP contribution in [0.5, 0.6) is 0 Å². The van der Waals surface area contributed by atoms with Crippen LogP contribution in [0.15, 0.2) is 26.2 Å². The van der Waals surface area contributed by atoms with E-state index in [1.807, 2.05) is 12.3 Å². The van der Waals surface area contributed by atoms with Gasteiger partial charge in [-0.1, -0.05) is 0 Å². The first-order valence-electron chi connectivity index (χ1n) is 2.59. The van der Waals surface area contributed by atoms with Crippen molar-refractivity contribution in [1.82, 2.24) is 4.98 Å². The minimum Gasteiger partial charge on any atom is -0.248 e. The van der Waals surface area contributed by atoms with E-state index in [1.54, 1.807) is 18.0 Å². The molecule has 0 N–H and O–H groups in total. The highest BCUT2D eigenvalue weighted by molar-refractivity contribution is 9.11. The van der Waals surface area contributed by atoms with Crippen molar-refractivity contribution in [2.45, 2.75) is 5.03 Å². The van der Waals surface area contributed by atoms with Gasteiger partial charge < -0.3 is 0 Å². The minimum atomic E-state index is 0.997. The first-order valence-corrected chi connectivity index (χ1v) is 5.40. The Morgan fingerprint density at radius 2 is 2.20 bits per heavy atom. The van der Waals surface area contributed by atoms with Gasteiger partial charge in [0.25, 0.3) is 0 Å². The molecule has 1 nitrogen and oxygen atoms in total. The number of halogens is 2. The standard InChI is InChI=1S/C6H5Br2NS/c1-10-6-5(8)2-4(7)3-9-6/h2-3H,1H3. The normalized spacial score (nSPS) is 9.90. The molecule has 0 saturated carbocycles. The van der Waals surface area contributed by atoms with Crippen LogP contribution < -0.4 is 0 Å². The lowest BCUT2D eigenvalue weighted by molar-refractivity contribution is 1.10. The van der Waals surface area contributed by atoms with Crippen molar-refractivity contribution < 1.29 is 0 Å². The molecule has 0 aliphatic carbocycles. The van der Waals surface area contributed by atoms with E-state index >= 15 is 0 Å². The average molecular weight is 283 g/mol. The number of rotatable bonds is 1. The predicted octanol–water partition coefficient (Wildman–Crippen LogP) is 3.33. The van der Waals surface area contributed by atoms with Gasteiger partial charge in [-0.3, -0.25) is 0 Å². The van der Waals surface area contributed by atoms with Gasteiger partial charge in [0.05, 0.1) is 4.47 Å². The molecule has 0 atom stereocenters. The molecular formula is C6H5Br2NS. The summed E-state index contributed by atoms with van der Waals surface area (Å²) in [5.74, 6) is 0. The molecule has 0 saturated heterocycles. The molecular weight excluding hydrogens is 278 g/mol. The van der Waals surface area contributed by atoms with E-state index in [4.69, 9.17) is 0 Å². The second-order valence-electron chi connectivity index (χ2n) is 1.64. The smallest absolute Gasteiger partial charge is 0.110 e. The lowest BCUT2D eigenvalue weighted by Crippen LogP contribution is -1.79. The van der Waals surface area contributed by atoms with Crippen LogP contribution in [0, 0.1) is 0 Å². The number of pyridine rings is 1. The molecule has 10 heavy (non-hydrogen) atoms. The Labute approximate surface area is 80.9 Å². The maximum absolute atomic E-state index is 4.17. The maximum Gasteiger partial charge on any atom is 0.110 e. The number of aromatic nitrogens is 1. The van der Waals surface area contributed by atoms with Crippen molar-refractivity contribution in [1.29, 1.82) is 0 Å². The lowest BCUT2D eigenvalue weighted by Gasteiger charge is -1.97. The van der Waals surface area contributed by atoms with Crippen LogP contribution in [-0.2, 0) is 0 Å². The quantitative estimate of drug-likeness (QED) is 0.733. The van der Waals surface area contributed by atoms with Crippen LogP contribution in [0.4, 0.5) is 0 Å². The van der Waals surface area contributed by atoms with Gasteiger partial charge in [0.15, 0.2) is 0 Å². The highest BCUT2D eigenvalue weighted by atomic mass is 79.9. The van der Waals surface area contributed by atoms with E-state index in [1.165, 1.54) is 0 Å². The number of nitrogens with zero attached hydrogens (tertiary/aromatic N) is 1. The summed E-state index contributed by atoms with van der Waals surface area (Å²) in [6.07, 6.45) is 3.79. The second kappa shape index (κ2) is 3.74. The Kier molecular flexibility index (Phi) is 3.20. The van der Waals surface area contributed by atoms with Crippen LogP contribution in [0.25, 0.3) is 0 Å². The topological polar surface area (TPSA) is 12.9 Å². The summed E-state index contributed by atoms with van der Waals surface area (Å²) in [6, 6.07) is 1.98. The van der Waals surface area contributed by atoms with Crippen LogP contribution in [-0.4, -0.2) is 11.2 Å². The Morgan fingerprint density at radius 3 is 2.70 bits per heavy atom. The summed E-state index contributed by atoms with van der Waals surface area (Å²) in [7, 11) is 0. The fraction of sp³-hybridized carbons (Fsp3) is 0.167. The molecule has 0 amide bonds. The molecule has 0 spiro atoms. The molecule has 1 rings (SSSR count). The Balaban J connectivity index is 3.07. The summed E-state index contributed by atoms with van der Waals surface area (Å²) in [6.45, 7) is 0. The molecule has 0 bridgehead atoms. The lowest BCUT2D eigenvalue weighted by atomic mass is 10.5. The van der Waals surface area contributed by atoms with Gasteiger partial charge in [0.2, 0.25) is 0 Å². The van der Waals surface area contributed by atoms with Gasteiger partial charge >= 0.3 is 0 Å². The Morgan fingerprint density at radius 1 is 1.50 bits per heavy atom. The SMILES string of the molecule is CSc1ncc(Br)cc1Br. The van der Waals surface area contributed by atoms with E-state index in [0.29, 0.717) is 0 Å². The first kappa shape index (κ1) is 8.56. The van der Waals surface area contributed by atoms with Crippen LogP contribution in [0.3, 0.4) is 0 Å². The molecule has 0 fully saturated rings. The van der Waals surface area contributed by atoms with Crippen LogP contribution >= 0.6 is 43.6 Å². The fourth-order valence-electron chi connectivity index (χ4n) is 0.552. The highest BCUT2D eigenvalue weighted by Crippen LogP contribution is 2.25. The van der Waals surface area contributed by atoms with Gasteiger partial charge in [0.1, 0.15) is 5.03 Å². The van der Waals surface area contributed by atoms with Crippen molar-refractivity contribution in [3.8, 4) is 0 Å². The molecule has 54 valence electrons. The maximum atomic E-state index is 4.17. The second-order valence-corrected chi connectivity index (χ2v) is 4.21. The molecule has 1 heterocycles. The monoisotopic (exact) mass is 281 g/mol. The summed E-state index contributed by atoms with van der Waals surface area (Å²) in [5, 5.41) is 1.02. The number of hydrogen-bond donors (Lipinski definition) is 0. The van der Waals surface area contributed by atoms with E-state index in [0.717, 1.165) is 14.0 Å². The van der Waals surface area contributed by atoms with Gasteiger partial charge in [-0.25, -0.2) is 4.98 Å². The summed E-state index contributed by atoms with van der Waals surface area (Å²) in [5.41, 5.74) is 0. The zero-order valence-corrected chi connectivity index (χ0v) is 9.25. The van der Waals surface area contributed by atoms with Gasteiger partial charge in [-0.05, 0) is 44.2 Å². The highest BCUT2D eigenvalue weighted by Gasteiger charge is 1.98. The third-order valence-electron chi connectivity index (χ3n) is 0.967. The minimum absolute atomic E-state index is 0.997. The van der Waals surface area contributed by atoms with Gasteiger partial charge in [-0.2, -0.15) is 0 Å². The van der Waals surface area contributed by atoms with E-state index in [-0.39, 0.29) is 0 Å². The van der Waals surface area contributed by atoms with Crippen molar-refractivity contribution >= 4 is 43.6 Å². The molecule has 1 aromatic rings. The first-order chi connectivity index (χ1) is 4.74. The van der Waals surface area contributed by atoms with Crippen molar-refractivity contribution in [2.24, 2.45) is 0 Å². The molecule has 4 heteroatoms. The van der Waals surface area contributed by atoms with Gasteiger partial charge in [-0.15, -0.1) is 11.8 Å². The summed E-state index contributed by atoms with van der Waals surface area (Å²) in [4.78, 5) is 4.17. The van der Waals surface area contributed by atoms with Crippen LogP contribution in [0.1, 0.15) is 0 Å². The zero-order chi connectivity index (χ0) is 7.56. The van der Waals surface area contributed by atoms with Crippen molar-refractivity contribution in [3.05, 3.63) is 21.2 Å². The molecule has 0 aliphatic heterocycles. The molecule has 1 aromatic heterocycles. The van der Waals surface area contributed by atoms with E-state index < -0.39 is 0 Å². The Bertz CT molecular complexity index is 239. The Hall–Kier alpha value is 0.460. The predicted molar refractivity (Wildman–Crippen MR) is 51.4 cm³/mol. The zero-order valence-electron chi connectivity index (χ0n) is 5.27. The van der Waals surface area contributed by atoms with Crippen molar-refractivity contribution in [3.63, 3.8) is 0 Å². The largest absolute Gasteiger partial charge is 0.248 e. The third-order valence-corrected chi connectivity index (χ3v) is 2.98. The number of hydrogen-bond acceptors (Lipinski definition) is 2. The van der Waals surface area contributed by atoms with E-state index in [2.05, 4.69) is 36.8 Å². The summed E-state index contributed by atoms with van der Waals surface area (Å²) >= 11 is 8.34. The average Bonchev–Trinajstić information content (AvgIpc) is 1.88. The fourth-order valence-corrected chi connectivity index (χ4v) is 2.44.